The van der Waals surface area contributed by atoms with Gasteiger partial charge in [-0.3, -0.25) is 19.9 Å². The van der Waals surface area contributed by atoms with Crippen LogP contribution in [0.5, 0.6) is 0 Å². The maximum absolute atomic E-state index is 12.2. The third kappa shape index (κ3) is 2.62. The smallest absolute Gasteiger partial charge is 0.271 e. The number of nitrogens with one attached hydrogen (secondary N) is 2. The van der Waals surface area contributed by atoms with E-state index in [0.29, 0.717) is 11.4 Å². The van der Waals surface area contributed by atoms with Crippen LogP contribution in [-0.2, 0) is 10.0 Å². The molecule has 0 bridgehead atoms. The predicted molar refractivity (Wildman–Crippen MR) is 72.0 cm³/mol. The van der Waals surface area contributed by atoms with Crippen LogP contribution in [0.15, 0.2) is 29.2 Å². The van der Waals surface area contributed by atoms with E-state index in [-0.39, 0.29) is 16.3 Å². The van der Waals surface area contributed by atoms with Crippen molar-refractivity contribution in [1.82, 2.24) is 10.2 Å². The van der Waals surface area contributed by atoms with Crippen molar-refractivity contribution >= 4 is 21.4 Å². The Morgan fingerprint density at radius 1 is 1.35 bits per heavy atom. The summed E-state index contributed by atoms with van der Waals surface area (Å²) in [6.07, 6.45) is 0. The molecule has 0 aliphatic carbocycles. The summed E-state index contributed by atoms with van der Waals surface area (Å²) < 4.78 is 26.8. The Bertz CT molecular complexity index is 747. The molecule has 2 aromatic rings. The van der Waals surface area contributed by atoms with Crippen molar-refractivity contribution < 1.29 is 13.3 Å². The molecular weight excluding hydrogens is 284 g/mol. The van der Waals surface area contributed by atoms with E-state index >= 15 is 0 Å². The van der Waals surface area contributed by atoms with E-state index in [2.05, 4.69) is 14.9 Å². The van der Waals surface area contributed by atoms with Crippen LogP contribution >= 0.6 is 0 Å². The van der Waals surface area contributed by atoms with Crippen LogP contribution in [0.3, 0.4) is 0 Å². The molecule has 0 amide bonds. The minimum absolute atomic E-state index is 0.0454. The highest BCUT2D eigenvalue weighted by Crippen LogP contribution is 2.23. The number of nitrogens with zero attached hydrogens (tertiary/aromatic N) is 2. The molecule has 1 aromatic carbocycles. The second kappa shape index (κ2) is 4.93. The molecule has 1 aromatic heterocycles. The number of aromatic nitrogens is 2. The molecule has 0 radical (unpaired) electrons. The average molecular weight is 296 g/mol. The van der Waals surface area contributed by atoms with E-state index in [1.807, 2.05) is 0 Å². The number of H-pyrrole nitrogens is 1. The van der Waals surface area contributed by atoms with Gasteiger partial charge in [-0.25, -0.2) is 8.42 Å². The summed E-state index contributed by atoms with van der Waals surface area (Å²) in [6.45, 7) is 3.15. The Kier molecular flexibility index (Phi) is 3.45. The standard InChI is InChI=1S/C11H12N4O4S/c1-7-11(8(2)13-12-7)20(18,19)14-9-4-3-5-10(6-9)15(16)17/h3-6,14H,1-2H3,(H,12,13). The second-order valence-corrected chi connectivity index (χ2v) is 5.80. The Morgan fingerprint density at radius 3 is 2.60 bits per heavy atom. The Morgan fingerprint density at radius 2 is 2.05 bits per heavy atom. The molecule has 0 aliphatic rings. The van der Waals surface area contributed by atoms with Gasteiger partial charge in [0.05, 0.1) is 22.0 Å². The van der Waals surface area contributed by atoms with Gasteiger partial charge in [-0.1, -0.05) is 6.07 Å². The zero-order valence-corrected chi connectivity index (χ0v) is 11.6. The average Bonchev–Trinajstić information content (AvgIpc) is 2.69. The topological polar surface area (TPSA) is 118 Å². The van der Waals surface area contributed by atoms with Crippen LogP contribution in [0.2, 0.25) is 0 Å². The summed E-state index contributed by atoms with van der Waals surface area (Å²) in [7, 11) is -3.84. The molecule has 9 heteroatoms. The minimum atomic E-state index is -3.84. The summed E-state index contributed by atoms with van der Waals surface area (Å²) in [5.74, 6) is 0. The highest BCUT2D eigenvalue weighted by molar-refractivity contribution is 7.92. The molecule has 106 valence electrons. The zero-order chi connectivity index (χ0) is 14.9. The summed E-state index contributed by atoms with van der Waals surface area (Å²) >= 11 is 0. The van der Waals surface area contributed by atoms with Crippen LogP contribution in [0, 0.1) is 24.0 Å². The number of rotatable bonds is 4. The maximum Gasteiger partial charge on any atom is 0.271 e. The van der Waals surface area contributed by atoms with Gasteiger partial charge in [0, 0.05) is 12.1 Å². The monoisotopic (exact) mass is 296 g/mol. The number of aromatic amines is 1. The molecule has 0 unspecified atom stereocenters. The van der Waals surface area contributed by atoms with E-state index in [9.17, 15) is 18.5 Å². The van der Waals surface area contributed by atoms with Crippen molar-refractivity contribution in [1.29, 1.82) is 0 Å². The Labute approximate surface area is 115 Å². The highest BCUT2D eigenvalue weighted by atomic mass is 32.2. The molecule has 0 saturated carbocycles. The van der Waals surface area contributed by atoms with Gasteiger partial charge in [0.1, 0.15) is 4.90 Å². The van der Waals surface area contributed by atoms with Crippen LogP contribution in [0.1, 0.15) is 11.4 Å². The quantitative estimate of drug-likeness (QED) is 0.658. The third-order valence-electron chi connectivity index (χ3n) is 2.64. The molecule has 2 rings (SSSR count). The van der Waals surface area contributed by atoms with E-state index < -0.39 is 14.9 Å². The second-order valence-electron chi connectivity index (χ2n) is 4.18. The lowest BCUT2D eigenvalue weighted by Crippen LogP contribution is -2.14. The summed E-state index contributed by atoms with van der Waals surface area (Å²) in [4.78, 5) is 10.1. The lowest BCUT2D eigenvalue weighted by molar-refractivity contribution is -0.384. The van der Waals surface area contributed by atoms with Gasteiger partial charge in [-0.2, -0.15) is 5.10 Å². The van der Waals surface area contributed by atoms with Gasteiger partial charge in [-0.15, -0.1) is 0 Å². The molecule has 0 aliphatic heterocycles. The molecule has 0 spiro atoms. The number of sulfonamides is 1. The van der Waals surface area contributed by atoms with Crippen molar-refractivity contribution in [3.63, 3.8) is 0 Å². The molecular formula is C11H12N4O4S. The number of nitro groups is 1. The number of aryl methyl sites for hydroxylation is 2. The molecule has 20 heavy (non-hydrogen) atoms. The van der Waals surface area contributed by atoms with Gasteiger partial charge in [-0.05, 0) is 19.9 Å². The van der Waals surface area contributed by atoms with E-state index in [1.54, 1.807) is 13.8 Å². The van der Waals surface area contributed by atoms with Crippen molar-refractivity contribution in [2.45, 2.75) is 18.7 Å². The van der Waals surface area contributed by atoms with Gasteiger partial charge >= 0.3 is 0 Å². The fourth-order valence-corrected chi connectivity index (χ4v) is 3.25. The molecule has 0 fully saturated rings. The first kappa shape index (κ1) is 14.0. The highest BCUT2D eigenvalue weighted by Gasteiger charge is 2.22. The fourth-order valence-electron chi connectivity index (χ4n) is 1.83. The van der Waals surface area contributed by atoms with Crippen LogP contribution in [0.25, 0.3) is 0 Å². The first-order valence-corrected chi connectivity index (χ1v) is 7.08. The number of anilines is 1. The first-order chi connectivity index (χ1) is 9.31. The minimum Gasteiger partial charge on any atom is -0.281 e. The predicted octanol–water partition coefficient (Wildman–Crippen LogP) is 1.74. The summed E-state index contributed by atoms with van der Waals surface area (Å²) in [6, 6.07) is 5.29. The number of hydrogen-bond acceptors (Lipinski definition) is 5. The van der Waals surface area contributed by atoms with Crippen LogP contribution in [-0.4, -0.2) is 23.5 Å². The van der Waals surface area contributed by atoms with E-state index in [0.717, 1.165) is 6.07 Å². The lowest BCUT2D eigenvalue weighted by atomic mass is 10.3. The van der Waals surface area contributed by atoms with Gasteiger partial charge in [0.15, 0.2) is 0 Å². The van der Waals surface area contributed by atoms with Gasteiger partial charge < -0.3 is 0 Å². The molecule has 8 nitrogen and oxygen atoms in total. The molecule has 0 saturated heterocycles. The largest absolute Gasteiger partial charge is 0.281 e. The van der Waals surface area contributed by atoms with Crippen LogP contribution in [0.4, 0.5) is 11.4 Å². The Hall–Kier alpha value is -2.42. The van der Waals surface area contributed by atoms with Crippen LogP contribution < -0.4 is 4.72 Å². The van der Waals surface area contributed by atoms with Crippen molar-refractivity contribution in [2.75, 3.05) is 4.72 Å². The van der Waals surface area contributed by atoms with Crippen molar-refractivity contribution in [3.8, 4) is 0 Å². The number of non-ortho nitro benzene ring substituents is 1. The lowest BCUT2D eigenvalue weighted by Gasteiger charge is -2.07. The molecule has 2 N–H and O–H groups in total. The zero-order valence-electron chi connectivity index (χ0n) is 10.7. The molecule has 1 heterocycles. The van der Waals surface area contributed by atoms with E-state index in [1.165, 1.54) is 18.2 Å². The summed E-state index contributed by atoms with van der Waals surface area (Å²) in [5, 5.41) is 17.1. The SMILES string of the molecule is Cc1n[nH]c(C)c1S(=O)(=O)Nc1cccc([N+](=O)[O-])c1. The molecule has 0 atom stereocenters. The third-order valence-corrected chi connectivity index (χ3v) is 4.28. The maximum atomic E-state index is 12.2. The Balaban J connectivity index is 2.39. The number of hydrogen-bond donors (Lipinski definition) is 2. The number of benzene rings is 1. The number of nitro benzene ring substituents is 1. The van der Waals surface area contributed by atoms with E-state index in [4.69, 9.17) is 0 Å². The summed E-state index contributed by atoms with van der Waals surface area (Å²) in [5.41, 5.74) is 0.672. The normalized spacial score (nSPS) is 11.3. The van der Waals surface area contributed by atoms with Crippen molar-refractivity contribution in [2.24, 2.45) is 0 Å². The first-order valence-electron chi connectivity index (χ1n) is 5.60. The van der Waals surface area contributed by atoms with Gasteiger partial charge in [0.25, 0.3) is 15.7 Å². The fraction of sp³-hybridized carbons (Fsp3) is 0.182. The van der Waals surface area contributed by atoms with Gasteiger partial charge in [0.2, 0.25) is 0 Å². The van der Waals surface area contributed by atoms with Crippen molar-refractivity contribution in [3.05, 3.63) is 45.8 Å².